The van der Waals surface area contributed by atoms with E-state index in [1.165, 1.54) is 19.2 Å². The van der Waals surface area contributed by atoms with E-state index >= 15 is 0 Å². The molecule has 2 aromatic rings. The van der Waals surface area contributed by atoms with Crippen molar-refractivity contribution in [1.82, 2.24) is 5.32 Å². The fraction of sp³-hybridized carbons (Fsp3) is 0.400. The first-order valence-electron chi connectivity index (χ1n) is 10.3. The predicted octanol–water partition coefficient (Wildman–Crippen LogP) is 2.34. The number of para-hydroxylation sites is 2. The Morgan fingerprint density at radius 2 is 1.86 bits per heavy atom. The lowest BCUT2D eigenvalue weighted by atomic mass is 10.1. The van der Waals surface area contributed by atoms with Gasteiger partial charge in [-0.2, -0.15) is 0 Å². The second-order valence-corrected chi connectivity index (χ2v) is 7.50. The van der Waals surface area contributed by atoms with E-state index in [4.69, 9.17) is 23.5 Å². The van der Waals surface area contributed by atoms with Crippen LogP contribution in [0.1, 0.15) is 23.5 Å². The van der Waals surface area contributed by atoms with Gasteiger partial charge in [-0.3, -0.25) is 0 Å². The molecule has 0 aliphatic heterocycles. The minimum absolute atomic E-state index is 0.0680. The lowest BCUT2D eigenvalue weighted by Crippen LogP contribution is -2.32. The second-order valence-electron chi connectivity index (χ2n) is 5.97. The molecule has 0 aromatic heterocycles. The van der Waals surface area contributed by atoms with Gasteiger partial charge in [-0.25, -0.2) is 13.6 Å². The fourth-order valence-corrected chi connectivity index (χ4v) is 3.36. The van der Waals surface area contributed by atoms with Crippen LogP contribution in [0.5, 0.6) is 17.2 Å². The summed E-state index contributed by atoms with van der Waals surface area (Å²) >= 11 is 0. The first-order chi connectivity index (χ1) is 14.6. The first kappa shape index (κ1) is 17.8. The molecule has 0 heterocycles. The number of nitrogens with two attached hydrogens (primary N) is 1. The van der Waals surface area contributed by atoms with Gasteiger partial charge in [-0.1, -0.05) is 18.2 Å². The summed E-state index contributed by atoms with van der Waals surface area (Å²) < 4.78 is 63.3. The third kappa shape index (κ3) is 6.40. The van der Waals surface area contributed by atoms with Crippen molar-refractivity contribution in [3.63, 3.8) is 0 Å². The Morgan fingerprint density at radius 1 is 1.14 bits per heavy atom. The highest BCUT2D eigenvalue weighted by Gasteiger charge is 2.16. The first-order valence-corrected chi connectivity index (χ1v) is 10.4. The summed E-state index contributed by atoms with van der Waals surface area (Å²) in [6.45, 7) is 0.552. The van der Waals surface area contributed by atoms with E-state index in [1.807, 2.05) is 19.1 Å². The largest absolute Gasteiger partial charge is 0.495 e. The van der Waals surface area contributed by atoms with E-state index in [2.05, 4.69) is 5.32 Å². The lowest BCUT2D eigenvalue weighted by molar-refractivity contribution is 0.272. The van der Waals surface area contributed by atoms with Crippen molar-refractivity contribution < 1.29 is 26.7 Å². The molecule has 28 heavy (non-hydrogen) atoms. The highest BCUT2D eigenvalue weighted by atomic mass is 32.2. The van der Waals surface area contributed by atoms with Crippen LogP contribution in [0.25, 0.3) is 0 Å². The maximum atomic E-state index is 11.8. The average molecular weight is 412 g/mol. The Balaban J connectivity index is 2.06. The maximum absolute atomic E-state index is 11.8. The van der Waals surface area contributed by atoms with Crippen LogP contribution in [0.15, 0.2) is 47.4 Å². The van der Waals surface area contributed by atoms with Crippen LogP contribution in [0.4, 0.5) is 0 Å². The Bertz CT molecular complexity index is 968. The normalized spacial score (nSPS) is 14.5. The molecule has 0 aliphatic carbocycles. The molecule has 0 radical (unpaired) electrons. The van der Waals surface area contributed by atoms with Crippen molar-refractivity contribution in [1.29, 1.82) is 0 Å². The average Bonchev–Trinajstić information content (AvgIpc) is 2.70. The summed E-state index contributed by atoms with van der Waals surface area (Å²) in [6, 6.07) is 10.7. The van der Waals surface area contributed by atoms with Gasteiger partial charge < -0.3 is 19.5 Å². The van der Waals surface area contributed by atoms with Crippen LogP contribution in [-0.4, -0.2) is 41.3 Å². The maximum Gasteiger partial charge on any atom is 0.241 e. The van der Waals surface area contributed by atoms with Gasteiger partial charge in [0.25, 0.3) is 0 Å². The van der Waals surface area contributed by atoms with Crippen molar-refractivity contribution >= 4 is 10.0 Å². The van der Waals surface area contributed by atoms with Crippen molar-refractivity contribution in [3.05, 3.63) is 48.0 Å². The molecule has 0 saturated heterocycles. The zero-order chi connectivity index (χ0) is 23.1. The zero-order valence-corrected chi connectivity index (χ0v) is 16.8. The van der Waals surface area contributed by atoms with Crippen molar-refractivity contribution in [2.24, 2.45) is 5.14 Å². The smallest absolute Gasteiger partial charge is 0.241 e. The van der Waals surface area contributed by atoms with Gasteiger partial charge >= 0.3 is 0 Å². The molecular formula is C20H28N2O5S. The number of sulfonamides is 1. The number of hydrogen-bond acceptors (Lipinski definition) is 6. The number of ether oxygens (including phenoxy) is 3. The van der Waals surface area contributed by atoms with Crippen LogP contribution in [-0.2, 0) is 16.4 Å². The molecule has 154 valence electrons. The van der Waals surface area contributed by atoms with E-state index in [-0.39, 0.29) is 30.2 Å². The molecule has 0 bridgehead atoms. The Hall–Kier alpha value is -2.29. The fourth-order valence-electron chi connectivity index (χ4n) is 2.62. The molecule has 0 fully saturated rings. The van der Waals surface area contributed by atoms with E-state index in [0.29, 0.717) is 23.7 Å². The minimum Gasteiger partial charge on any atom is -0.495 e. The SMILES string of the molecule is [2H]C([2H])([2H])[C@H](Cc1ccc(OC)c(S(N)(=O)=O)c1)NCCOc1ccccc1OCC. The van der Waals surface area contributed by atoms with Crippen molar-refractivity contribution in [2.75, 3.05) is 26.9 Å². The number of hydrogen-bond donors (Lipinski definition) is 2. The summed E-state index contributed by atoms with van der Waals surface area (Å²) in [5, 5.41) is 8.22. The van der Waals surface area contributed by atoms with Gasteiger partial charge in [0.1, 0.15) is 17.3 Å². The van der Waals surface area contributed by atoms with E-state index in [0.717, 1.165) is 0 Å². The third-order valence-corrected chi connectivity index (χ3v) is 4.81. The van der Waals surface area contributed by atoms with Crippen molar-refractivity contribution in [2.45, 2.75) is 31.1 Å². The Kier molecular flexibility index (Phi) is 6.55. The van der Waals surface area contributed by atoms with Gasteiger partial charge in [0.05, 0.1) is 13.7 Å². The van der Waals surface area contributed by atoms with Gasteiger partial charge in [-0.05, 0) is 50.0 Å². The molecule has 0 saturated carbocycles. The Morgan fingerprint density at radius 3 is 2.46 bits per heavy atom. The van der Waals surface area contributed by atoms with Crippen LogP contribution >= 0.6 is 0 Å². The van der Waals surface area contributed by atoms with E-state index < -0.39 is 22.9 Å². The molecule has 0 unspecified atom stereocenters. The molecule has 0 amide bonds. The van der Waals surface area contributed by atoms with Crippen LogP contribution in [0, 0.1) is 0 Å². The number of primary sulfonamides is 1. The molecule has 2 rings (SSSR count). The second kappa shape index (κ2) is 10.3. The van der Waals surface area contributed by atoms with Gasteiger partial charge in [0.15, 0.2) is 11.5 Å². The molecule has 2 aromatic carbocycles. The summed E-state index contributed by atoms with van der Waals surface area (Å²) in [6.07, 6.45) is 0.0680. The van der Waals surface area contributed by atoms with E-state index in [1.54, 1.807) is 18.2 Å². The summed E-state index contributed by atoms with van der Waals surface area (Å²) in [7, 11) is -2.68. The molecule has 7 nitrogen and oxygen atoms in total. The molecule has 1 atom stereocenters. The van der Waals surface area contributed by atoms with Crippen LogP contribution < -0.4 is 24.7 Å². The van der Waals surface area contributed by atoms with Crippen molar-refractivity contribution in [3.8, 4) is 17.2 Å². The predicted molar refractivity (Wildman–Crippen MR) is 109 cm³/mol. The standard InChI is InChI=1S/C20H28N2O5S/c1-4-26-17-7-5-6-8-18(17)27-12-11-22-15(2)13-16-9-10-19(25-3)20(14-16)28(21,23)24/h5-10,14-15,22H,4,11-13H2,1-3H3,(H2,21,23,24)/t15-/m1/s1/i2D3. The quantitative estimate of drug-likeness (QED) is 0.551. The topological polar surface area (TPSA) is 99.9 Å². The summed E-state index contributed by atoms with van der Waals surface area (Å²) in [4.78, 5) is -0.187. The molecule has 8 heteroatoms. The lowest BCUT2D eigenvalue weighted by Gasteiger charge is -2.16. The zero-order valence-electron chi connectivity index (χ0n) is 19.0. The number of nitrogens with one attached hydrogen (secondary N) is 1. The monoisotopic (exact) mass is 411 g/mol. The van der Waals surface area contributed by atoms with Gasteiger partial charge in [0.2, 0.25) is 10.0 Å². The van der Waals surface area contributed by atoms with Crippen LogP contribution in [0.3, 0.4) is 0 Å². The summed E-state index contributed by atoms with van der Waals surface area (Å²) in [5.41, 5.74) is 0.501. The number of methoxy groups -OCH3 is 1. The number of benzene rings is 2. The molecule has 3 N–H and O–H groups in total. The van der Waals surface area contributed by atoms with Gasteiger partial charge in [-0.15, -0.1) is 0 Å². The van der Waals surface area contributed by atoms with E-state index in [9.17, 15) is 8.42 Å². The summed E-state index contributed by atoms with van der Waals surface area (Å²) in [5.74, 6) is 1.29. The van der Waals surface area contributed by atoms with Gasteiger partial charge in [0, 0.05) is 16.7 Å². The highest BCUT2D eigenvalue weighted by Crippen LogP contribution is 2.26. The Labute approximate surface area is 171 Å². The minimum atomic E-state index is -4.02. The molecular weight excluding hydrogens is 380 g/mol. The van der Waals surface area contributed by atoms with Crippen LogP contribution in [0.2, 0.25) is 0 Å². The molecule has 0 spiro atoms. The number of rotatable bonds is 11. The highest BCUT2D eigenvalue weighted by molar-refractivity contribution is 7.89. The third-order valence-electron chi connectivity index (χ3n) is 3.87. The molecule has 0 aliphatic rings.